The highest BCUT2D eigenvalue weighted by Gasteiger charge is 2.49. The lowest BCUT2D eigenvalue weighted by Gasteiger charge is -2.10. The van der Waals surface area contributed by atoms with Crippen molar-refractivity contribution >= 4 is 5.78 Å². The van der Waals surface area contributed by atoms with Gasteiger partial charge in [0.15, 0.2) is 5.76 Å². The van der Waals surface area contributed by atoms with Crippen molar-refractivity contribution in [2.45, 2.75) is 32.6 Å². The molecule has 0 saturated heterocycles. The number of carbonyl (C=O) groups is 1. The molecule has 2 heteroatoms. The van der Waals surface area contributed by atoms with Crippen LogP contribution in [-0.4, -0.2) is 12.4 Å². The van der Waals surface area contributed by atoms with E-state index < -0.39 is 0 Å². The fourth-order valence-corrected chi connectivity index (χ4v) is 1.73. The average Bonchev–Trinajstić information content (AvgIpc) is 2.71. The van der Waals surface area contributed by atoms with Gasteiger partial charge in [0, 0.05) is 11.8 Å². The fourth-order valence-electron chi connectivity index (χ4n) is 1.73. The molecule has 0 amide bonds. The molecule has 0 aromatic heterocycles. The average molecular weight is 166 g/mol. The molecule has 2 nitrogen and oxygen atoms in total. The van der Waals surface area contributed by atoms with E-state index in [-0.39, 0.29) is 11.2 Å². The van der Waals surface area contributed by atoms with Gasteiger partial charge >= 0.3 is 0 Å². The Morgan fingerprint density at radius 3 is 2.83 bits per heavy atom. The Balaban J connectivity index is 2.09. The predicted octanol–water partition coefficient (Wildman–Crippen LogP) is 2.05. The predicted molar refractivity (Wildman–Crippen MR) is 45.6 cm³/mol. The van der Waals surface area contributed by atoms with E-state index in [2.05, 4.69) is 6.92 Å². The SMILES string of the molecule is CCC1(C(=O)C2=CCCO2)CC1. The molecule has 2 rings (SSSR count). The highest BCUT2D eigenvalue weighted by molar-refractivity contribution is 6.00. The first kappa shape index (κ1) is 7.84. The molecule has 0 aromatic rings. The number of rotatable bonds is 3. The summed E-state index contributed by atoms with van der Waals surface area (Å²) in [4.78, 5) is 11.8. The van der Waals surface area contributed by atoms with Crippen molar-refractivity contribution in [3.8, 4) is 0 Å². The van der Waals surface area contributed by atoms with Crippen molar-refractivity contribution in [2.75, 3.05) is 6.61 Å². The molecule has 0 atom stereocenters. The van der Waals surface area contributed by atoms with Crippen LogP contribution >= 0.6 is 0 Å². The molecule has 1 heterocycles. The maximum atomic E-state index is 11.8. The molecule has 1 aliphatic carbocycles. The Labute approximate surface area is 72.6 Å². The molecule has 0 bridgehead atoms. The molecule has 1 fully saturated rings. The first-order valence-corrected chi connectivity index (χ1v) is 4.66. The van der Waals surface area contributed by atoms with Crippen molar-refractivity contribution in [3.05, 3.63) is 11.8 Å². The van der Waals surface area contributed by atoms with Gasteiger partial charge in [-0.15, -0.1) is 0 Å². The molecule has 1 aliphatic heterocycles. The van der Waals surface area contributed by atoms with Crippen LogP contribution in [0.1, 0.15) is 32.6 Å². The van der Waals surface area contributed by atoms with Gasteiger partial charge in [-0.2, -0.15) is 0 Å². The van der Waals surface area contributed by atoms with Gasteiger partial charge in [0.05, 0.1) is 6.61 Å². The third-order valence-electron chi connectivity index (χ3n) is 2.94. The largest absolute Gasteiger partial charge is 0.490 e. The second-order valence-electron chi connectivity index (χ2n) is 3.67. The summed E-state index contributed by atoms with van der Waals surface area (Å²) in [5, 5.41) is 0. The lowest BCUT2D eigenvalue weighted by Crippen LogP contribution is -2.17. The number of hydrogen-bond acceptors (Lipinski definition) is 2. The minimum absolute atomic E-state index is 0.0177. The van der Waals surface area contributed by atoms with E-state index in [1.165, 1.54) is 0 Å². The van der Waals surface area contributed by atoms with Crippen LogP contribution in [0.15, 0.2) is 11.8 Å². The highest BCUT2D eigenvalue weighted by atomic mass is 16.5. The first-order chi connectivity index (χ1) is 5.78. The number of hydrogen-bond donors (Lipinski definition) is 0. The first-order valence-electron chi connectivity index (χ1n) is 4.66. The Kier molecular flexibility index (Phi) is 1.71. The standard InChI is InChI=1S/C10H14O2/c1-2-10(5-6-10)9(11)8-4-3-7-12-8/h4H,2-3,5-7H2,1H3. The van der Waals surface area contributed by atoms with Crippen LogP contribution in [0.3, 0.4) is 0 Å². The summed E-state index contributed by atoms with van der Waals surface area (Å²) in [6, 6.07) is 0. The third-order valence-corrected chi connectivity index (χ3v) is 2.94. The molecule has 1 saturated carbocycles. The van der Waals surface area contributed by atoms with E-state index in [0.717, 1.165) is 25.7 Å². The monoisotopic (exact) mass is 166 g/mol. The summed E-state index contributed by atoms with van der Waals surface area (Å²) < 4.78 is 5.25. The molecular formula is C10H14O2. The number of carbonyl (C=O) groups excluding carboxylic acids is 1. The Bertz CT molecular complexity index is 236. The molecule has 12 heavy (non-hydrogen) atoms. The van der Waals surface area contributed by atoms with Crippen molar-refractivity contribution in [2.24, 2.45) is 5.41 Å². The zero-order valence-corrected chi connectivity index (χ0v) is 7.43. The van der Waals surface area contributed by atoms with E-state index >= 15 is 0 Å². The summed E-state index contributed by atoms with van der Waals surface area (Å²) in [7, 11) is 0. The van der Waals surface area contributed by atoms with Crippen LogP contribution in [0.4, 0.5) is 0 Å². The maximum Gasteiger partial charge on any atom is 0.203 e. The zero-order valence-electron chi connectivity index (χ0n) is 7.43. The molecule has 0 spiro atoms. The van der Waals surface area contributed by atoms with Gasteiger partial charge in [-0.3, -0.25) is 4.79 Å². The van der Waals surface area contributed by atoms with Gasteiger partial charge < -0.3 is 4.74 Å². The Morgan fingerprint density at radius 1 is 1.67 bits per heavy atom. The molecule has 2 aliphatic rings. The van der Waals surface area contributed by atoms with Gasteiger partial charge in [0.25, 0.3) is 0 Å². The quantitative estimate of drug-likeness (QED) is 0.641. The summed E-state index contributed by atoms with van der Waals surface area (Å²) in [5.41, 5.74) is -0.0177. The third kappa shape index (κ3) is 1.06. The van der Waals surface area contributed by atoms with Crippen molar-refractivity contribution in [3.63, 3.8) is 0 Å². The van der Waals surface area contributed by atoms with Crippen molar-refractivity contribution in [1.29, 1.82) is 0 Å². The van der Waals surface area contributed by atoms with E-state index in [9.17, 15) is 4.79 Å². The fraction of sp³-hybridized carbons (Fsp3) is 0.700. The second-order valence-corrected chi connectivity index (χ2v) is 3.67. The van der Waals surface area contributed by atoms with Crippen LogP contribution in [0.25, 0.3) is 0 Å². The Hall–Kier alpha value is -0.790. The van der Waals surface area contributed by atoms with Gasteiger partial charge in [-0.25, -0.2) is 0 Å². The van der Waals surface area contributed by atoms with Gasteiger partial charge in [-0.1, -0.05) is 6.92 Å². The highest BCUT2D eigenvalue weighted by Crippen LogP contribution is 2.51. The van der Waals surface area contributed by atoms with Crippen LogP contribution in [0, 0.1) is 5.41 Å². The van der Waals surface area contributed by atoms with Gasteiger partial charge in [0.1, 0.15) is 0 Å². The normalized spacial score (nSPS) is 24.6. The number of Topliss-reactive ketones (excluding diaryl/α,β-unsaturated/α-hetero) is 1. The number of ketones is 1. The second kappa shape index (κ2) is 2.61. The minimum atomic E-state index is -0.0177. The number of allylic oxidation sites excluding steroid dienone is 1. The number of ether oxygens (including phenoxy) is 1. The summed E-state index contributed by atoms with van der Waals surface area (Å²) in [5.74, 6) is 0.886. The molecular weight excluding hydrogens is 152 g/mol. The van der Waals surface area contributed by atoms with Gasteiger partial charge in [-0.05, 0) is 25.3 Å². The topological polar surface area (TPSA) is 26.3 Å². The van der Waals surface area contributed by atoms with Crippen LogP contribution in [0.2, 0.25) is 0 Å². The van der Waals surface area contributed by atoms with E-state index in [4.69, 9.17) is 4.74 Å². The lowest BCUT2D eigenvalue weighted by molar-refractivity contribution is -0.123. The molecule has 0 aromatic carbocycles. The van der Waals surface area contributed by atoms with Crippen LogP contribution in [0.5, 0.6) is 0 Å². The summed E-state index contributed by atoms with van der Waals surface area (Å²) >= 11 is 0. The smallest absolute Gasteiger partial charge is 0.203 e. The maximum absolute atomic E-state index is 11.8. The summed E-state index contributed by atoms with van der Waals surface area (Å²) in [6.45, 7) is 2.78. The van der Waals surface area contributed by atoms with Crippen LogP contribution < -0.4 is 0 Å². The van der Waals surface area contributed by atoms with E-state index in [0.29, 0.717) is 12.4 Å². The van der Waals surface area contributed by atoms with Crippen molar-refractivity contribution < 1.29 is 9.53 Å². The zero-order chi connectivity index (χ0) is 8.60. The molecule has 0 radical (unpaired) electrons. The molecule has 0 N–H and O–H groups in total. The lowest BCUT2D eigenvalue weighted by atomic mass is 9.96. The minimum Gasteiger partial charge on any atom is -0.490 e. The van der Waals surface area contributed by atoms with E-state index in [1.54, 1.807) is 0 Å². The molecule has 66 valence electrons. The van der Waals surface area contributed by atoms with Gasteiger partial charge in [0.2, 0.25) is 5.78 Å². The summed E-state index contributed by atoms with van der Waals surface area (Å²) in [6.07, 6.45) is 5.91. The Morgan fingerprint density at radius 2 is 2.42 bits per heavy atom. The molecule has 0 unspecified atom stereocenters. The van der Waals surface area contributed by atoms with E-state index in [1.807, 2.05) is 6.08 Å². The van der Waals surface area contributed by atoms with Crippen LogP contribution in [-0.2, 0) is 9.53 Å². The van der Waals surface area contributed by atoms with Crippen molar-refractivity contribution in [1.82, 2.24) is 0 Å².